The van der Waals surface area contributed by atoms with Crippen molar-refractivity contribution in [3.63, 3.8) is 0 Å². The number of aryl methyl sites for hydroxylation is 2. The molecule has 1 saturated heterocycles. The predicted octanol–water partition coefficient (Wildman–Crippen LogP) is 4.47. The van der Waals surface area contributed by atoms with Gasteiger partial charge in [0.2, 0.25) is 5.78 Å². The first-order chi connectivity index (χ1) is 18.3. The molecule has 2 aromatic carbocycles. The molecular weight excluding hydrogens is 504 g/mol. The normalized spacial score (nSPS) is 17.3. The SMILES string of the molecule is Cc1cc(C(=O)COC(=O)c2ccc(S(=O)(=O)N3CCCc4ccccc43)cc2)c(C)n1CC1CCCO1. The second kappa shape index (κ2) is 10.7. The Balaban J connectivity index is 1.23. The number of anilines is 1. The molecule has 0 bridgehead atoms. The summed E-state index contributed by atoms with van der Waals surface area (Å²) in [4.78, 5) is 25.6. The number of hydrogen-bond donors (Lipinski definition) is 0. The van der Waals surface area contributed by atoms with Gasteiger partial charge in [0.1, 0.15) is 0 Å². The fourth-order valence-corrected chi connectivity index (χ4v) is 6.83. The van der Waals surface area contributed by atoms with Crippen molar-refractivity contribution in [1.29, 1.82) is 0 Å². The quantitative estimate of drug-likeness (QED) is 0.312. The van der Waals surface area contributed by atoms with Crippen molar-refractivity contribution in [3.8, 4) is 0 Å². The lowest BCUT2D eigenvalue weighted by Gasteiger charge is -2.30. The van der Waals surface area contributed by atoms with E-state index in [1.54, 1.807) is 0 Å². The van der Waals surface area contributed by atoms with E-state index in [0.717, 1.165) is 49.2 Å². The largest absolute Gasteiger partial charge is 0.454 e. The van der Waals surface area contributed by atoms with Crippen LogP contribution in [-0.2, 0) is 32.5 Å². The highest BCUT2D eigenvalue weighted by Gasteiger charge is 2.29. The number of aromatic nitrogens is 1. The van der Waals surface area contributed by atoms with E-state index in [1.165, 1.54) is 28.6 Å². The Kier molecular flexibility index (Phi) is 7.40. The molecule has 1 atom stereocenters. The molecule has 1 fully saturated rings. The van der Waals surface area contributed by atoms with Gasteiger partial charge in [-0.1, -0.05) is 18.2 Å². The highest BCUT2D eigenvalue weighted by atomic mass is 32.2. The summed E-state index contributed by atoms with van der Waals surface area (Å²) in [6, 6.07) is 15.0. The number of esters is 1. The topological polar surface area (TPSA) is 94.9 Å². The Labute approximate surface area is 223 Å². The molecule has 1 unspecified atom stereocenters. The van der Waals surface area contributed by atoms with Crippen LogP contribution in [0.25, 0.3) is 0 Å². The summed E-state index contributed by atoms with van der Waals surface area (Å²) in [6.45, 7) is 5.31. The Morgan fingerprint density at radius 1 is 1.05 bits per heavy atom. The van der Waals surface area contributed by atoms with E-state index < -0.39 is 22.6 Å². The monoisotopic (exact) mass is 536 g/mol. The van der Waals surface area contributed by atoms with Crippen LogP contribution < -0.4 is 4.31 Å². The number of benzene rings is 2. The molecule has 1 aromatic heterocycles. The molecule has 3 heterocycles. The van der Waals surface area contributed by atoms with Gasteiger partial charge in [-0.2, -0.15) is 0 Å². The fraction of sp³-hybridized carbons (Fsp3) is 0.379. The lowest BCUT2D eigenvalue weighted by molar-refractivity contribution is 0.0474. The molecule has 2 aliphatic heterocycles. The number of Topliss-reactive ketones (excluding diaryl/α,β-unsaturated/α-hetero) is 1. The first kappa shape index (κ1) is 26.2. The van der Waals surface area contributed by atoms with Gasteiger partial charge in [0.15, 0.2) is 6.61 Å². The number of rotatable bonds is 8. The maximum Gasteiger partial charge on any atom is 0.338 e. The summed E-state index contributed by atoms with van der Waals surface area (Å²) in [5, 5.41) is 0. The van der Waals surface area contributed by atoms with Gasteiger partial charge in [0.05, 0.1) is 22.3 Å². The third kappa shape index (κ3) is 5.13. The molecule has 0 radical (unpaired) electrons. The van der Waals surface area contributed by atoms with Crippen LogP contribution in [0.1, 0.15) is 56.9 Å². The van der Waals surface area contributed by atoms with E-state index in [4.69, 9.17) is 9.47 Å². The van der Waals surface area contributed by atoms with E-state index >= 15 is 0 Å². The van der Waals surface area contributed by atoms with Gasteiger partial charge in [-0.25, -0.2) is 13.2 Å². The highest BCUT2D eigenvalue weighted by Crippen LogP contribution is 2.32. The molecule has 0 spiro atoms. The molecule has 3 aromatic rings. The summed E-state index contributed by atoms with van der Waals surface area (Å²) in [7, 11) is -3.78. The highest BCUT2D eigenvalue weighted by molar-refractivity contribution is 7.92. The van der Waals surface area contributed by atoms with Gasteiger partial charge in [0, 0.05) is 36.6 Å². The number of carbonyl (C=O) groups excluding carboxylic acids is 2. The molecule has 0 aliphatic carbocycles. The molecule has 0 amide bonds. The average molecular weight is 537 g/mol. The second-order valence-electron chi connectivity index (χ2n) is 9.86. The van der Waals surface area contributed by atoms with E-state index in [-0.39, 0.29) is 22.3 Å². The van der Waals surface area contributed by atoms with Gasteiger partial charge in [-0.05, 0) is 81.5 Å². The minimum atomic E-state index is -3.78. The number of fused-ring (bicyclic) bond motifs is 1. The van der Waals surface area contributed by atoms with Crippen molar-refractivity contribution in [2.45, 2.75) is 57.1 Å². The van der Waals surface area contributed by atoms with Crippen molar-refractivity contribution in [2.75, 3.05) is 24.1 Å². The number of ether oxygens (including phenoxy) is 2. The number of nitrogens with zero attached hydrogens (tertiary/aromatic N) is 2. The van der Waals surface area contributed by atoms with Crippen LogP contribution >= 0.6 is 0 Å². The summed E-state index contributed by atoms with van der Waals surface area (Å²) in [5.41, 5.74) is 4.18. The van der Waals surface area contributed by atoms with Crippen LogP contribution in [-0.4, -0.2) is 50.6 Å². The zero-order valence-electron chi connectivity index (χ0n) is 21.7. The predicted molar refractivity (Wildman–Crippen MR) is 143 cm³/mol. The number of ketones is 1. The van der Waals surface area contributed by atoms with E-state index in [2.05, 4.69) is 4.57 Å². The number of para-hydroxylation sites is 1. The smallest absolute Gasteiger partial charge is 0.338 e. The van der Waals surface area contributed by atoms with Gasteiger partial charge in [-0.3, -0.25) is 9.10 Å². The third-order valence-electron chi connectivity index (χ3n) is 7.36. The molecule has 38 heavy (non-hydrogen) atoms. The number of hydrogen-bond acceptors (Lipinski definition) is 6. The number of carbonyl (C=O) groups is 2. The lowest BCUT2D eigenvalue weighted by atomic mass is 10.0. The Morgan fingerprint density at radius 3 is 2.55 bits per heavy atom. The molecule has 9 heteroatoms. The van der Waals surface area contributed by atoms with Gasteiger partial charge in [-0.15, -0.1) is 0 Å². The van der Waals surface area contributed by atoms with Crippen LogP contribution in [0.4, 0.5) is 5.69 Å². The minimum absolute atomic E-state index is 0.0977. The molecule has 0 N–H and O–H groups in total. The standard InChI is InChI=1S/C29H32N2O6S/c1-20-17-26(21(2)30(20)18-24-9-6-16-36-24)28(32)19-37-29(33)23-11-13-25(14-12-23)38(34,35)31-15-5-8-22-7-3-4-10-27(22)31/h3-4,7,10-14,17,24H,5-6,8-9,15-16,18-19H2,1-2H3. The van der Waals surface area contributed by atoms with Crippen LogP contribution in [0, 0.1) is 13.8 Å². The van der Waals surface area contributed by atoms with Crippen LogP contribution in [0.3, 0.4) is 0 Å². The van der Waals surface area contributed by atoms with Crippen molar-refractivity contribution in [3.05, 3.63) is 82.7 Å². The maximum atomic E-state index is 13.3. The zero-order valence-corrected chi connectivity index (χ0v) is 22.5. The van der Waals surface area contributed by atoms with E-state index in [9.17, 15) is 18.0 Å². The molecular formula is C29H32N2O6S. The summed E-state index contributed by atoms with van der Waals surface area (Å²) < 4.78 is 41.2. The van der Waals surface area contributed by atoms with E-state index in [1.807, 2.05) is 44.2 Å². The summed E-state index contributed by atoms with van der Waals surface area (Å²) in [5.74, 6) is -0.966. The van der Waals surface area contributed by atoms with Gasteiger partial charge in [0.25, 0.3) is 10.0 Å². The first-order valence-electron chi connectivity index (χ1n) is 12.9. The van der Waals surface area contributed by atoms with Crippen molar-refractivity contribution in [2.24, 2.45) is 0 Å². The summed E-state index contributed by atoms with van der Waals surface area (Å²) >= 11 is 0. The first-order valence-corrected chi connectivity index (χ1v) is 14.4. The molecule has 5 rings (SSSR count). The molecule has 200 valence electrons. The Bertz CT molecular complexity index is 1450. The molecule has 2 aliphatic rings. The molecule has 8 nitrogen and oxygen atoms in total. The third-order valence-corrected chi connectivity index (χ3v) is 9.19. The average Bonchev–Trinajstić information content (AvgIpc) is 3.55. The van der Waals surface area contributed by atoms with E-state index in [0.29, 0.717) is 24.3 Å². The van der Waals surface area contributed by atoms with Crippen LogP contribution in [0.2, 0.25) is 0 Å². The second-order valence-corrected chi connectivity index (χ2v) is 11.7. The van der Waals surface area contributed by atoms with Crippen molar-refractivity contribution < 1.29 is 27.5 Å². The molecule has 0 saturated carbocycles. The van der Waals surface area contributed by atoms with Gasteiger partial charge < -0.3 is 14.0 Å². The van der Waals surface area contributed by atoms with Crippen LogP contribution in [0.5, 0.6) is 0 Å². The fourth-order valence-electron chi connectivity index (χ4n) is 5.29. The number of sulfonamides is 1. The van der Waals surface area contributed by atoms with Crippen molar-refractivity contribution >= 4 is 27.5 Å². The van der Waals surface area contributed by atoms with Crippen LogP contribution in [0.15, 0.2) is 59.5 Å². The van der Waals surface area contributed by atoms with Crippen molar-refractivity contribution in [1.82, 2.24) is 4.57 Å². The summed E-state index contributed by atoms with van der Waals surface area (Å²) in [6.07, 6.45) is 3.78. The minimum Gasteiger partial charge on any atom is -0.454 e. The Hall–Kier alpha value is -3.43. The zero-order chi connectivity index (χ0) is 26.9. The lowest BCUT2D eigenvalue weighted by Crippen LogP contribution is -2.35. The Morgan fingerprint density at radius 2 is 1.82 bits per heavy atom. The van der Waals surface area contributed by atoms with Gasteiger partial charge >= 0.3 is 5.97 Å². The maximum absolute atomic E-state index is 13.3.